The van der Waals surface area contributed by atoms with Crippen molar-refractivity contribution in [3.8, 4) is 11.4 Å². The van der Waals surface area contributed by atoms with Crippen LogP contribution in [0.5, 0.6) is 0 Å². The van der Waals surface area contributed by atoms with E-state index >= 15 is 0 Å². The van der Waals surface area contributed by atoms with E-state index in [9.17, 15) is 0 Å². The van der Waals surface area contributed by atoms with E-state index in [1.165, 1.54) is 0 Å². The van der Waals surface area contributed by atoms with Gasteiger partial charge < -0.3 is 9.84 Å². The summed E-state index contributed by atoms with van der Waals surface area (Å²) in [6.45, 7) is 4.21. The Labute approximate surface area is 132 Å². The minimum atomic E-state index is 0.169. The second-order valence-electron chi connectivity index (χ2n) is 4.68. The molecule has 0 amide bonds. The highest BCUT2D eigenvalue weighted by atomic mass is 79.9. The molecule has 1 aromatic carbocycles. The fourth-order valence-corrected chi connectivity index (χ4v) is 2.65. The molecule has 1 N–H and O–H groups in total. The third-order valence-electron chi connectivity index (χ3n) is 3.42. The van der Waals surface area contributed by atoms with Crippen LogP contribution in [0.15, 0.2) is 27.2 Å². The van der Waals surface area contributed by atoms with Gasteiger partial charge in [0.2, 0.25) is 11.7 Å². The van der Waals surface area contributed by atoms with Crippen molar-refractivity contribution in [3.63, 3.8) is 0 Å². The summed E-state index contributed by atoms with van der Waals surface area (Å²) in [5.41, 5.74) is 0.876. The Kier molecular flexibility index (Phi) is 5.18. The quantitative estimate of drug-likeness (QED) is 0.868. The SMILES string of the molecule is CCC(NC)C(C)c1nc(-c2ccc(Cl)c(Br)c2)no1. The predicted molar refractivity (Wildman–Crippen MR) is 84.0 cm³/mol. The lowest BCUT2D eigenvalue weighted by molar-refractivity contribution is 0.326. The third-order valence-corrected chi connectivity index (χ3v) is 4.64. The summed E-state index contributed by atoms with van der Waals surface area (Å²) >= 11 is 9.38. The summed E-state index contributed by atoms with van der Waals surface area (Å²) in [6.07, 6.45) is 1.00. The molecule has 0 aliphatic rings. The van der Waals surface area contributed by atoms with E-state index in [4.69, 9.17) is 16.1 Å². The summed E-state index contributed by atoms with van der Waals surface area (Å²) in [4.78, 5) is 4.49. The molecule has 108 valence electrons. The third kappa shape index (κ3) is 3.22. The first kappa shape index (κ1) is 15.5. The van der Waals surface area contributed by atoms with Gasteiger partial charge in [0.1, 0.15) is 0 Å². The fraction of sp³-hybridized carbons (Fsp3) is 0.429. The van der Waals surface area contributed by atoms with Crippen molar-refractivity contribution in [2.75, 3.05) is 7.05 Å². The maximum absolute atomic E-state index is 5.98. The van der Waals surface area contributed by atoms with Crippen LogP contribution in [0.2, 0.25) is 5.02 Å². The van der Waals surface area contributed by atoms with Gasteiger partial charge in [0, 0.05) is 16.1 Å². The predicted octanol–water partition coefficient (Wildman–Crippen LogP) is 4.25. The van der Waals surface area contributed by atoms with Crippen LogP contribution in [0.1, 0.15) is 32.1 Å². The highest BCUT2D eigenvalue weighted by molar-refractivity contribution is 9.10. The molecule has 0 radical (unpaired) electrons. The molecule has 0 saturated carbocycles. The number of benzene rings is 1. The van der Waals surface area contributed by atoms with Crippen molar-refractivity contribution in [1.82, 2.24) is 15.5 Å². The number of aromatic nitrogens is 2. The highest BCUT2D eigenvalue weighted by Crippen LogP contribution is 2.28. The maximum atomic E-state index is 5.98. The monoisotopic (exact) mass is 357 g/mol. The van der Waals surface area contributed by atoms with Crippen molar-refractivity contribution in [2.24, 2.45) is 0 Å². The first-order valence-electron chi connectivity index (χ1n) is 6.53. The van der Waals surface area contributed by atoms with Crippen molar-refractivity contribution in [2.45, 2.75) is 32.2 Å². The first-order valence-corrected chi connectivity index (χ1v) is 7.70. The van der Waals surface area contributed by atoms with Crippen LogP contribution < -0.4 is 5.32 Å². The zero-order valence-electron chi connectivity index (χ0n) is 11.7. The number of nitrogens with one attached hydrogen (secondary N) is 1. The first-order chi connectivity index (χ1) is 9.56. The minimum Gasteiger partial charge on any atom is -0.339 e. The van der Waals surface area contributed by atoms with E-state index in [1.807, 2.05) is 25.2 Å². The second kappa shape index (κ2) is 6.70. The van der Waals surface area contributed by atoms with E-state index in [0.717, 1.165) is 16.5 Å². The van der Waals surface area contributed by atoms with Gasteiger partial charge in [-0.2, -0.15) is 4.98 Å². The van der Waals surface area contributed by atoms with Crippen LogP contribution in [0, 0.1) is 0 Å². The standard InChI is InChI=1S/C14H17BrClN3O/c1-4-12(17-3)8(2)14-18-13(19-20-14)9-5-6-11(16)10(15)7-9/h5-8,12,17H,4H2,1-3H3. The Balaban J connectivity index is 2.26. The van der Waals surface area contributed by atoms with Gasteiger partial charge in [-0.3, -0.25) is 0 Å². The molecule has 20 heavy (non-hydrogen) atoms. The summed E-state index contributed by atoms with van der Waals surface area (Å²) in [7, 11) is 1.94. The van der Waals surface area contributed by atoms with E-state index in [2.05, 4.69) is 45.2 Å². The van der Waals surface area contributed by atoms with Crippen molar-refractivity contribution in [3.05, 3.63) is 33.6 Å². The smallest absolute Gasteiger partial charge is 0.231 e. The highest BCUT2D eigenvalue weighted by Gasteiger charge is 2.22. The molecule has 2 aromatic rings. The lowest BCUT2D eigenvalue weighted by Gasteiger charge is -2.18. The molecule has 2 rings (SSSR count). The Morgan fingerprint density at radius 3 is 2.80 bits per heavy atom. The lowest BCUT2D eigenvalue weighted by atomic mass is 10.00. The summed E-state index contributed by atoms with van der Waals surface area (Å²) in [5, 5.41) is 7.97. The Bertz CT molecular complexity index is 584. The average Bonchev–Trinajstić information content (AvgIpc) is 2.93. The van der Waals surface area contributed by atoms with Crippen molar-refractivity contribution in [1.29, 1.82) is 0 Å². The van der Waals surface area contributed by atoms with E-state index < -0.39 is 0 Å². The largest absolute Gasteiger partial charge is 0.339 e. The molecule has 0 spiro atoms. The lowest BCUT2D eigenvalue weighted by Crippen LogP contribution is -2.30. The normalized spacial score (nSPS) is 14.2. The van der Waals surface area contributed by atoms with Gasteiger partial charge in [0.25, 0.3) is 0 Å². The molecule has 4 nitrogen and oxygen atoms in total. The number of hydrogen-bond donors (Lipinski definition) is 1. The zero-order chi connectivity index (χ0) is 14.7. The van der Waals surface area contributed by atoms with Crippen LogP contribution >= 0.6 is 27.5 Å². The molecular formula is C14H17BrClN3O. The summed E-state index contributed by atoms with van der Waals surface area (Å²) in [5.74, 6) is 1.39. The van der Waals surface area contributed by atoms with E-state index in [1.54, 1.807) is 0 Å². The molecular weight excluding hydrogens is 342 g/mol. The maximum Gasteiger partial charge on any atom is 0.231 e. The molecule has 2 atom stereocenters. The van der Waals surface area contributed by atoms with Crippen molar-refractivity contribution < 1.29 is 4.52 Å². The molecule has 0 aliphatic heterocycles. The van der Waals surface area contributed by atoms with Crippen LogP contribution in [0.25, 0.3) is 11.4 Å². The molecule has 1 aromatic heterocycles. The average molecular weight is 359 g/mol. The topological polar surface area (TPSA) is 51.0 Å². The van der Waals surface area contributed by atoms with Gasteiger partial charge >= 0.3 is 0 Å². The van der Waals surface area contributed by atoms with Crippen LogP contribution in [-0.4, -0.2) is 23.2 Å². The van der Waals surface area contributed by atoms with E-state index in [0.29, 0.717) is 22.8 Å². The van der Waals surface area contributed by atoms with Crippen LogP contribution in [-0.2, 0) is 0 Å². The molecule has 0 fully saturated rings. The Morgan fingerprint density at radius 2 is 2.20 bits per heavy atom. The van der Waals surface area contributed by atoms with Gasteiger partial charge in [-0.25, -0.2) is 0 Å². The Hall–Kier alpha value is -0.910. The zero-order valence-corrected chi connectivity index (χ0v) is 14.0. The van der Waals surface area contributed by atoms with Crippen LogP contribution in [0.4, 0.5) is 0 Å². The van der Waals surface area contributed by atoms with Crippen molar-refractivity contribution >= 4 is 27.5 Å². The van der Waals surface area contributed by atoms with Gasteiger partial charge in [0.15, 0.2) is 0 Å². The molecule has 1 heterocycles. The molecule has 0 saturated heterocycles. The number of rotatable bonds is 5. The molecule has 0 bridgehead atoms. The summed E-state index contributed by atoms with van der Waals surface area (Å²) in [6, 6.07) is 5.89. The minimum absolute atomic E-state index is 0.169. The number of nitrogens with zero attached hydrogens (tertiary/aromatic N) is 2. The molecule has 6 heteroatoms. The second-order valence-corrected chi connectivity index (χ2v) is 5.94. The number of halogens is 2. The number of hydrogen-bond acceptors (Lipinski definition) is 4. The number of likely N-dealkylation sites (N-methyl/N-ethyl adjacent to an activating group) is 1. The van der Waals surface area contributed by atoms with Gasteiger partial charge in [-0.1, -0.05) is 30.6 Å². The summed E-state index contributed by atoms with van der Waals surface area (Å²) < 4.78 is 6.20. The Morgan fingerprint density at radius 1 is 1.45 bits per heavy atom. The van der Waals surface area contributed by atoms with Gasteiger partial charge in [-0.15, -0.1) is 0 Å². The molecule has 2 unspecified atom stereocenters. The van der Waals surface area contributed by atoms with E-state index in [-0.39, 0.29) is 5.92 Å². The van der Waals surface area contributed by atoms with Gasteiger partial charge in [0.05, 0.1) is 10.9 Å². The van der Waals surface area contributed by atoms with Gasteiger partial charge in [-0.05, 0) is 47.6 Å². The fourth-order valence-electron chi connectivity index (χ4n) is 2.15. The van der Waals surface area contributed by atoms with Crippen LogP contribution in [0.3, 0.4) is 0 Å². The molecule has 0 aliphatic carbocycles.